The molecule has 0 aliphatic rings. The molecule has 0 spiro atoms. The van der Waals surface area contributed by atoms with Crippen LogP contribution in [0, 0.1) is 0 Å². The molecule has 0 bridgehead atoms. The van der Waals surface area contributed by atoms with Crippen molar-refractivity contribution in [3.8, 4) is 0 Å². The Balaban J connectivity index is -0.000000152. The van der Waals surface area contributed by atoms with Crippen molar-refractivity contribution in [1.29, 1.82) is 0 Å². The molecule has 1 N–H and O–H groups in total. The van der Waals surface area contributed by atoms with Gasteiger partial charge in [-0.2, -0.15) is 0 Å². The van der Waals surface area contributed by atoms with E-state index in [0.29, 0.717) is 0 Å². The minimum absolute atomic E-state index is 0. The van der Waals surface area contributed by atoms with Crippen molar-refractivity contribution in [3.05, 3.63) is 0 Å². The van der Waals surface area contributed by atoms with E-state index < -0.39 is 0 Å². The number of nitrogens with one attached hydrogen (secondary N) is 1. The van der Waals surface area contributed by atoms with Crippen molar-refractivity contribution in [2.75, 3.05) is 19.7 Å². The maximum absolute atomic E-state index is 5.77. The maximum Gasteiger partial charge on any atom is 0.0775 e. The molecule has 2 heteroatoms. The third kappa shape index (κ3) is 13.9. The predicted molar refractivity (Wildman–Crippen MR) is 78.3 cm³/mol. The predicted octanol–water partition coefficient (Wildman–Crippen LogP) is 4.49. The summed E-state index contributed by atoms with van der Waals surface area (Å²) in [5, 5.41) is 3.32. The molecule has 0 amide bonds. The monoisotopic (exact) mass is 235 g/mol. The van der Waals surface area contributed by atoms with Crippen LogP contribution in [0.5, 0.6) is 0 Å². The average molecular weight is 235 g/mol. The van der Waals surface area contributed by atoms with Crippen molar-refractivity contribution >= 4 is 0 Å². The van der Waals surface area contributed by atoms with Gasteiger partial charge >= 0.3 is 0 Å². The van der Waals surface area contributed by atoms with E-state index in [1.807, 2.05) is 27.7 Å². The summed E-state index contributed by atoms with van der Waals surface area (Å²) in [6.07, 6.45) is 2.17. The van der Waals surface area contributed by atoms with Crippen LogP contribution in [-0.4, -0.2) is 25.3 Å². The molecule has 0 heterocycles. The second-order valence-corrected chi connectivity index (χ2v) is 3.43. The van der Waals surface area contributed by atoms with E-state index in [1.54, 1.807) is 0 Å². The van der Waals surface area contributed by atoms with Gasteiger partial charge in [-0.05, 0) is 26.3 Å². The van der Waals surface area contributed by atoms with E-state index in [9.17, 15) is 0 Å². The van der Waals surface area contributed by atoms with Crippen LogP contribution in [0.2, 0.25) is 0 Å². The van der Waals surface area contributed by atoms with Gasteiger partial charge in [0, 0.05) is 14.6 Å². The molecule has 0 saturated carbocycles. The van der Waals surface area contributed by atoms with Gasteiger partial charge in [0.15, 0.2) is 0 Å². The van der Waals surface area contributed by atoms with Gasteiger partial charge in [0.05, 0.1) is 5.60 Å². The lowest BCUT2D eigenvalue weighted by atomic mass is 10.0. The topological polar surface area (TPSA) is 21.3 Å². The molecule has 2 nitrogen and oxygen atoms in total. The van der Waals surface area contributed by atoms with Crippen LogP contribution in [0.15, 0.2) is 0 Å². The maximum atomic E-state index is 5.77. The quantitative estimate of drug-likeness (QED) is 0.702. The minimum atomic E-state index is 0. The first kappa shape index (κ1) is 21.2. The Hall–Kier alpha value is -0.0800. The molecule has 0 saturated heterocycles. The highest BCUT2D eigenvalue weighted by Gasteiger charge is 2.21. The lowest BCUT2D eigenvalue weighted by molar-refractivity contribution is -0.0324. The number of hydrogen-bond acceptors (Lipinski definition) is 2. The Morgan fingerprint density at radius 2 is 1.56 bits per heavy atom. The molecule has 0 aliphatic heterocycles. The zero-order valence-electron chi connectivity index (χ0n) is 12.9. The van der Waals surface area contributed by atoms with Crippen LogP contribution in [0.1, 0.15) is 69.7 Å². The molecule has 0 aromatic rings. The van der Waals surface area contributed by atoms with E-state index in [-0.39, 0.29) is 7.03 Å². The lowest BCUT2D eigenvalue weighted by Crippen LogP contribution is -2.40. The number of rotatable bonds is 7. The lowest BCUT2D eigenvalue weighted by Gasteiger charge is -2.28. The highest BCUT2D eigenvalue weighted by molar-refractivity contribution is 4.75. The van der Waals surface area contributed by atoms with E-state index >= 15 is 0 Å². The fraction of sp³-hybridized carbons (Fsp3) is 1.00. The third-order valence-corrected chi connectivity index (χ3v) is 2.15. The zero-order valence-corrected chi connectivity index (χ0v) is 12.9. The standard InChI is InChI=1S/C10H23NO.2C2H6.H2/c1-5-8-12-10(4,6-2)9-11-7-3;2*1-2;/h11H,5-9H2,1-4H3;2*1-2H3;1H. The smallest absolute Gasteiger partial charge is 0.0775 e. The summed E-state index contributed by atoms with van der Waals surface area (Å²) >= 11 is 0. The molecule has 0 aromatic heterocycles. The summed E-state index contributed by atoms with van der Waals surface area (Å²) in [6, 6.07) is 0. The summed E-state index contributed by atoms with van der Waals surface area (Å²) in [7, 11) is 0. The van der Waals surface area contributed by atoms with Gasteiger partial charge in [-0.1, -0.05) is 48.5 Å². The highest BCUT2D eigenvalue weighted by Crippen LogP contribution is 2.13. The molecule has 0 rings (SSSR count). The second-order valence-electron chi connectivity index (χ2n) is 3.43. The Morgan fingerprint density at radius 1 is 1.06 bits per heavy atom. The largest absolute Gasteiger partial charge is 0.374 e. The third-order valence-electron chi connectivity index (χ3n) is 2.15. The Kier molecular flexibility index (Phi) is 23.0. The SMILES string of the molecule is CC.CC.CCCOC(C)(CC)CNCC.[HH]. The minimum Gasteiger partial charge on any atom is -0.374 e. The van der Waals surface area contributed by atoms with Crippen LogP contribution >= 0.6 is 0 Å². The molecule has 1 atom stereocenters. The molecule has 1 unspecified atom stereocenters. The summed E-state index contributed by atoms with van der Waals surface area (Å²) in [5.41, 5.74) is 0.0337. The molecule has 0 aliphatic carbocycles. The van der Waals surface area contributed by atoms with Gasteiger partial charge in [0.2, 0.25) is 0 Å². The van der Waals surface area contributed by atoms with E-state index in [4.69, 9.17) is 4.74 Å². The zero-order chi connectivity index (χ0) is 13.4. The summed E-state index contributed by atoms with van der Waals surface area (Å²) in [4.78, 5) is 0. The van der Waals surface area contributed by atoms with Crippen molar-refractivity contribution in [2.24, 2.45) is 0 Å². The molecule has 16 heavy (non-hydrogen) atoms. The van der Waals surface area contributed by atoms with Crippen molar-refractivity contribution in [1.82, 2.24) is 5.32 Å². The normalized spacial score (nSPS) is 12.8. The van der Waals surface area contributed by atoms with Gasteiger partial charge in [0.25, 0.3) is 0 Å². The Labute approximate surface area is 106 Å². The van der Waals surface area contributed by atoms with Crippen LogP contribution in [0.3, 0.4) is 0 Å². The number of ether oxygens (including phenoxy) is 1. The van der Waals surface area contributed by atoms with Gasteiger partial charge in [0.1, 0.15) is 0 Å². The van der Waals surface area contributed by atoms with Crippen LogP contribution in [-0.2, 0) is 4.74 Å². The molecule has 0 fully saturated rings. The first-order valence-corrected chi connectivity index (χ1v) is 7.03. The van der Waals surface area contributed by atoms with E-state index in [1.165, 1.54) is 0 Å². The molecular weight excluding hydrogens is 198 g/mol. The Morgan fingerprint density at radius 3 is 1.88 bits per heavy atom. The molecule has 0 radical (unpaired) electrons. The van der Waals surface area contributed by atoms with Crippen molar-refractivity contribution in [2.45, 2.75) is 73.8 Å². The van der Waals surface area contributed by atoms with Gasteiger partial charge in [-0.15, -0.1) is 0 Å². The summed E-state index contributed by atoms with van der Waals surface area (Å²) < 4.78 is 5.77. The van der Waals surface area contributed by atoms with E-state index in [2.05, 4.69) is 33.0 Å². The highest BCUT2D eigenvalue weighted by atomic mass is 16.5. The molecule has 104 valence electrons. The fourth-order valence-electron chi connectivity index (χ4n) is 1.02. The number of likely N-dealkylation sites (N-methyl/N-ethyl adjacent to an activating group) is 1. The summed E-state index contributed by atoms with van der Waals surface area (Å²) in [6.45, 7) is 19.5. The van der Waals surface area contributed by atoms with E-state index in [0.717, 1.165) is 32.5 Å². The fourth-order valence-corrected chi connectivity index (χ4v) is 1.02. The van der Waals surface area contributed by atoms with Crippen LogP contribution in [0.25, 0.3) is 0 Å². The Bertz CT molecular complexity index is 102. The van der Waals surface area contributed by atoms with Gasteiger partial charge in [-0.3, -0.25) is 0 Å². The summed E-state index contributed by atoms with van der Waals surface area (Å²) in [5.74, 6) is 0. The van der Waals surface area contributed by atoms with Crippen molar-refractivity contribution in [3.63, 3.8) is 0 Å². The number of hydrogen-bond donors (Lipinski definition) is 1. The van der Waals surface area contributed by atoms with Crippen molar-refractivity contribution < 1.29 is 6.16 Å². The van der Waals surface area contributed by atoms with Crippen LogP contribution < -0.4 is 5.32 Å². The molecule has 0 aromatic carbocycles. The van der Waals surface area contributed by atoms with Crippen LogP contribution in [0.4, 0.5) is 0 Å². The van der Waals surface area contributed by atoms with Gasteiger partial charge in [-0.25, -0.2) is 0 Å². The average Bonchev–Trinajstić information content (AvgIpc) is 2.38. The van der Waals surface area contributed by atoms with Gasteiger partial charge < -0.3 is 10.1 Å². The second kappa shape index (κ2) is 17.3. The first-order valence-electron chi connectivity index (χ1n) is 7.03. The first-order chi connectivity index (χ1) is 7.68. The molecular formula is C14H37NO.